The van der Waals surface area contributed by atoms with Gasteiger partial charge in [0.1, 0.15) is 0 Å². The molecular weight excluding hydrogens is 316 g/mol. The van der Waals surface area contributed by atoms with Gasteiger partial charge in [-0.05, 0) is 56.0 Å². The highest BCUT2D eigenvalue weighted by atomic mass is 16.7. The van der Waals surface area contributed by atoms with Gasteiger partial charge in [0.15, 0.2) is 0 Å². The number of hydrogen-bond acceptors (Lipinski definition) is 4. The minimum Gasteiger partial charge on any atom is -0.448 e. The average Bonchev–Trinajstić information content (AvgIpc) is 3.02. The molecule has 0 saturated carbocycles. The van der Waals surface area contributed by atoms with Crippen LogP contribution in [0, 0.1) is 0 Å². The van der Waals surface area contributed by atoms with Crippen LogP contribution in [0.4, 0.5) is 16.2 Å². The van der Waals surface area contributed by atoms with Gasteiger partial charge in [-0.3, -0.25) is 4.84 Å². The number of carbonyl (C=O) groups excluding carboxylic acids is 1. The van der Waals surface area contributed by atoms with Gasteiger partial charge in [0.2, 0.25) is 0 Å². The Labute approximate surface area is 148 Å². The summed E-state index contributed by atoms with van der Waals surface area (Å²) in [7, 11) is 0. The van der Waals surface area contributed by atoms with E-state index in [1.54, 1.807) is 6.92 Å². The van der Waals surface area contributed by atoms with Crippen LogP contribution in [0.15, 0.2) is 48.5 Å². The molecule has 5 heteroatoms. The lowest BCUT2D eigenvalue weighted by Gasteiger charge is -2.21. The van der Waals surface area contributed by atoms with Crippen molar-refractivity contribution in [2.45, 2.75) is 32.7 Å². The quantitative estimate of drug-likeness (QED) is 0.802. The normalized spacial score (nSPS) is 13.4. The highest BCUT2D eigenvalue weighted by molar-refractivity contribution is 5.86. The zero-order valence-electron chi connectivity index (χ0n) is 14.7. The molecule has 0 bridgehead atoms. The summed E-state index contributed by atoms with van der Waals surface area (Å²) in [5, 5.41) is 4.77. The first-order valence-corrected chi connectivity index (χ1v) is 8.74. The van der Waals surface area contributed by atoms with Crippen molar-refractivity contribution in [3.8, 4) is 0 Å². The molecule has 0 heterocycles. The van der Waals surface area contributed by atoms with Gasteiger partial charge >= 0.3 is 6.09 Å². The van der Waals surface area contributed by atoms with Crippen LogP contribution in [-0.4, -0.2) is 25.3 Å². The van der Waals surface area contributed by atoms with Crippen molar-refractivity contribution in [2.75, 3.05) is 23.6 Å². The van der Waals surface area contributed by atoms with E-state index in [0.717, 1.165) is 18.5 Å². The Balaban J connectivity index is 1.72. The number of hydrogen-bond donors (Lipinski definition) is 1. The molecular formula is C20H24N2O3. The number of benzene rings is 2. The van der Waals surface area contributed by atoms with Gasteiger partial charge in [-0.25, -0.2) is 4.79 Å². The Morgan fingerprint density at radius 2 is 1.80 bits per heavy atom. The van der Waals surface area contributed by atoms with Gasteiger partial charge in [0.25, 0.3) is 0 Å². The van der Waals surface area contributed by atoms with Crippen molar-refractivity contribution in [2.24, 2.45) is 0 Å². The minimum atomic E-state index is -0.505. The van der Waals surface area contributed by atoms with E-state index in [9.17, 15) is 4.79 Å². The van der Waals surface area contributed by atoms with Gasteiger partial charge in [-0.15, -0.1) is 0 Å². The monoisotopic (exact) mass is 340 g/mol. The summed E-state index contributed by atoms with van der Waals surface area (Å²) in [6.07, 6.45) is 1.51. The van der Waals surface area contributed by atoms with Crippen LogP contribution >= 0.6 is 0 Å². The van der Waals surface area contributed by atoms with E-state index in [-0.39, 0.29) is 0 Å². The molecule has 0 unspecified atom stereocenters. The molecule has 0 radical (unpaired) electrons. The van der Waals surface area contributed by atoms with E-state index >= 15 is 0 Å². The van der Waals surface area contributed by atoms with E-state index in [2.05, 4.69) is 29.6 Å². The molecule has 0 spiro atoms. The highest BCUT2D eigenvalue weighted by Crippen LogP contribution is 2.26. The molecule has 1 aliphatic rings. The Morgan fingerprint density at radius 1 is 1.08 bits per heavy atom. The van der Waals surface area contributed by atoms with Crippen molar-refractivity contribution in [3.63, 3.8) is 0 Å². The zero-order valence-corrected chi connectivity index (χ0v) is 14.7. The fourth-order valence-corrected chi connectivity index (χ4v) is 3.16. The molecule has 25 heavy (non-hydrogen) atoms. The summed E-state index contributed by atoms with van der Waals surface area (Å²) in [6.45, 7) is 4.30. The summed E-state index contributed by atoms with van der Waals surface area (Å²) < 4.78 is 5.07. The number of carbonyl (C=O) groups is 1. The molecule has 2 aromatic rings. The maximum atomic E-state index is 12.1. The number of anilines is 2. The molecule has 3 rings (SSSR count). The molecule has 0 aliphatic heterocycles. The number of amides is 1. The van der Waals surface area contributed by atoms with Crippen molar-refractivity contribution in [3.05, 3.63) is 59.7 Å². The van der Waals surface area contributed by atoms with Gasteiger partial charge in [-0.1, -0.05) is 30.3 Å². The average molecular weight is 340 g/mol. The second kappa shape index (κ2) is 8.03. The summed E-state index contributed by atoms with van der Waals surface area (Å²) in [5.41, 5.74) is 4.42. The third-order valence-corrected chi connectivity index (χ3v) is 4.19. The molecule has 0 saturated heterocycles. The van der Waals surface area contributed by atoms with E-state index < -0.39 is 6.09 Å². The van der Waals surface area contributed by atoms with Crippen molar-refractivity contribution < 1.29 is 14.4 Å². The number of rotatable bonds is 6. The Morgan fingerprint density at radius 3 is 2.44 bits per heavy atom. The first-order chi connectivity index (χ1) is 12.2. The fraction of sp³-hybridized carbons (Fsp3) is 0.350. The zero-order chi connectivity index (χ0) is 17.6. The number of hydroxylamine groups is 1. The van der Waals surface area contributed by atoms with Crippen LogP contribution in [0.1, 0.15) is 25.0 Å². The van der Waals surface area contributed by atoms with E-state index in [1.807, 2.05) is 31.2 Å². The minimum absolute atomic E-state index is 0.306. The van der Waals surface area contributed by atoms with Crippen LogP contribution in [0.2, 0.25) is 0 Å². The number of nitrogens with zero attached hydrogens (tertiary/aromatic N) is 1. The fourth-order valence-electron chi connectivity index (χ4n) is 3.16. The van der Waals surface area contributed by atoms with Gasteiger partial charge < -0.3 is 10.1 Å². The lowest BCUT2D eigenvalue weighted by Crippen LogP contribution is -2.32. The third-order valence-electron chi connectivity index (χ3n) is 4.19. The molecule has 132 valence electrons. The number of fused-ring (bicyclic) bond motifs is 1. The predicted molar refractivity (Wildman–Crippen MR) is 98.8 cm³/mol. The van der Waals surface area contributed by atoms with Crippen LogP contribution in [-0.2, 0) is 22.4 Å². The van der Waals surface area contributed by atoms with E-state index in [1.165, 1.54) is 16.2 Å². The topological polar surface area (TPSA) is 50.8 Å². The highest BCUT2D eigenvalue weighted by Gasteiger charge is 2.22. The second-order valence-electron chi connectivity index (χ2n) is 5.98. The first kappa shape index (κ1) is 17.3. The smallest absolute Gasteiger partial charge is 0.438 e. The van der Waals surface area contributed by atoms with Gasteiger partial charge in [-0.2, -0.15) is 5.06 Å². The molecule has 1 N–H and O–H groups in total. The summed E-state index contributed by atoms with van der Waals surface area (Å²) >= 11 is 0. The first-order valence-electron chi connectivity index (χ1n) is 8.74. The Bertz CT molecular complexity index is 707. The number of nitrogens with one attached hydrogen (secondary N) is 1. The maximum absolute atomic E-state index is 12.1. The SMILES string of the molecule is CCOC(=O)N(OCC)c1cccc(NC2Cc3ccccc3C2)c1. The van der Waals surface area contributed by atoms with Crippen LogP contribution in [0.25, 0.3) is 0 Å². The summed E-state index contributed by atoms with van der Waals surface area (Å²) in [4.78, 5) is 17.5. The lowest BCUT2D eigenvalue weighted by atomic mass is 10.1. The third kappa shape index (κ3) is 4.12. The van der Waals surface area contributed by atoms with Crippen LogP contribution < -0.4 is 10.4 Å². The largest absolute Gasteiger partial charge is 0.448 e. The molecule has 5 nitrogen and oxygen atoms in total. The molecule has 1 aliphatic carbocycles. The Hall–Kier alpha value is -2.53. The molecule has 1 amide bonds. The summed E-state index contributed by atoms with van der Waals surface area (Å²) in [6, 6.07) is 16.6. The standard InChI is InChI=1S/C20H24N2O3/c1-3-24-20(23)22(25-4-2)19-11-7-10-17(14-19)21-18-12-15-8-5-6-9-16(15)13-18/h5-11,14,18,21H,3-4,12-13H2,1-2H3. The summed E-state index contributed by atoms with van der Waals surface area (Å²) in [5.74, 6) is 0. The second-order valence-corrected chi connectivity index (χ2v) is 5.98. The maximum Gasteiger partial charge on any atom is 0.438 e. The van der Waals surface area contributed by atoms with E-state index in [0.29, 0.717) is 24.9 Å². The molecule has 0 aromatic heterocycles. The Kier molecular flexibility index (Phi) is 5.56. The van der Waals surface area contributed by atoms with Crippen molar-refractivity contribution in [1.29, 1.82) is 0 Å². The number of ether oxygens (including phenoxy) is 1. The van der Waals surface area contributed by atoms with Crippen molar-refractivity contribution in [1.82, 2.24) is 0 Å². The van der Waals surface area contributed by atoms with Gasteiger partial charge in [0, 0.05) is 11.7 Å². The van der Waals surface area contributed by atoms with Crippen LogP contribution in [0.3, 0.4) is 0 Å². The molecule has 2 aromatic carbocycles. The predicted octanol–water partition coefficient (Wildman–Crippen LogP) is 4.18. The molecule has 0 atom stereocenters. The van der Waals surface area contributed by atoms with E-state index in [4.69, 9.17) is 9.57 Å². The van der Waals surface area contributed by atoms with Gasteiger partial charge in [0.05, 0.1) is 18.9 Å². The lowest BCUT2D eigenvalue weighted by molar-refractivity contribution is 0.0835. The molecule has 0 fully saturated rings. The van der Waals surface area contributed by atoms with Crippen molar-refractivity contribution >= 4 is 17.5 Å². The van der Waals surface area contributed by atoms with Crippen LogP contribution in [0.5, 0.6) is 0 Å².